The predicted octanol–water partition coefficient (Wildman–Crippen LogP) is 2.77. The van der Waals surface area contributed by atoms with Gasteiger partial charge in [0.15, 0.2) is 18.1 Å². The molecule has 3 N–H and O–H groups in total. The third-order valence-electron chi connectivity index (χ3n) is 4.37. The van der Waals surface area contributed by atoms with Gasteiger partial charge in [-0.15, -0.1) is 0 Å². The first-order chi connectivity index (χ1) is 12.9. The van der Waals surface area contributed by atoms with Crippen molar-refractivity contribution in [1.82, 2.24) is 5.32 Å². The van der Waals surface area contributed by atoms with Gasteiger partial charge in [-0.25, -0.2) is 4.39 Å². The lowest BCUT2D eigenvalue weighted by atomic mass is 10.1. The highest BCUT2D eigenvalue weighted by molar-refractivity contribution is 6.32. The van der Waals surface area contributed by atoms with E-state index in [0.717, 1.165) is 5.56 Å². The van der Waals surface area contributed by atoms with Crippen LogP contribution in [0.4, 0.5) is 4.39 Å². The number of amides is 2. The van der Waals surface area contributed by atoms with Crippen LogP contribution in [-0.2, 0) is 11.2 Å². The van der Waals surface area contributed by atoms with E-state index in [9.17, 15) is 14.0 Å². The highest BCUT2D eigenvalue weighted by Crippen LogP contribution is 2.37. The molecule has 1 atom stereocenters. The number of nitrogens with one attached hydrogen (secondary N) is 1. The van der Waals surface area contributed by atoms with E-state index in [1.165, 1.54) is 25.3 Å². The molecule has 2 aromatic carbocycles. The minimum absolute atomic E-state index is 0.110. The van der Waals surface area contributed by atoms with Crippen molar-refractivity contribution in [2.75, 3.05) is 13.7 Å². The van der Waals surface area contributed by atoms with E-state index in [0.29, 0.717) is 18.4 Å². The number of benzene rings is 2. The number of nitrogens with two attached hydrogens (primary N) is 1. The number of ether oxygens (including phenoxy) is 2. The fourth-order valence-corrected chi connectivity index (χ4v) is 3.40. The van der Waals surface area contributed by atoms with Gasteiger partial charge in [-0.3, -0.25) is 9.59 Å². The average Bonchev–Trinajstić information content (AvgIpc) is 3.04. The highest BCUT2D eigenvalue weighted by Gasteiger charge is 2.27. The molecule has 0 radical (unpaired) electrons. The largest absolute Gasteiger partial charge is 0.493 e. The minimum atomic E-state index is -0.665. The fourth-order valence-electron chi connectivity index (χ4n) is 3.14. The number of rotatable bonds is 6. The molecule has 0 fully saturated rings. The fraction of sp³-hybridized carbons (Fsp3) is 0.263. The van der Waals surface area contributed by atoms with Gasteiger partial charge in [-0.1, -0.05) is 23.7 Å². The first kappa shape index (κ1) is 19.0. The van der Waals surface area contributed by atoms with Gasteiger partial charge in [0, 0.05) is 5.56 Å². The number of carbonyl (C=O) groups excluding carboxylic acids is 2. The van der Waals surface area contributed by atoms with Crippen LogP contribution in [0, 0.1) is 5.82 Å². The summed E-state index contributed by atoms with van der Waals surface area (Å²) in [5, 5.41) is 3.00. The van der Waals surface area contributed by atoms with Crippen LogP contribution in [0.5, 0.6) is 11.5 Å². The number of carbonyl (C=O) groups is 2. The standard InChI is InChI=1S/C19H18ClFN2O4/c1-26-16-8-10(7-13(20)18(16)27-9-17(22)24)19(25)23-15-6-5-11-12(15)3-2-4-14(11)21/h2-4,7-8,15H,5-6,9H2,1H3,(H2,22,24)(H,23,25). The molecule has 1 unspecified atom stereocenters. The minimum Gasteiger partial charge on any atom is -0.493 e. The molecule has 0 saturated carbocycles. The Morgan fingerprint density at radius 3 is 2.85 bits per heavy atom. The van der Waals surface area contributed by atoms with Crippen molar-refractivity contribution in [2.45, 2.75) is 18.9 Å². The van der Waals surface area contributed by atoms with E-state index in [-0.39, 0.29) is 46.5 Å². The molecule has 0 aromatic heterocycles. The molecular weight excluding hydrogens is 375 g/mol. The molecule has 0 bridgehead atoms. The van der Waals surface area contributed by atoms with Crippen LogP contribution >= 0.6 is 11.6 Å². The second kappa shape index (κ2) is 7.84. The summed E-state index contributed by atoms with van der Waals surface area (Å²) in [4.78, 5) is 23.6. The molecular formula is C19H18ClFN2O4. The Balaban J connectivity index is 1.81. The molecule has 2 amide bonds. The molecule has 0 heterocycles. The number of fused-ring (bicyclic) bond motifs is 1. The van der Waals surface area contributed by atoms with Crippen molar-refractivity contribution in [3.63, 3.8) is 0 Å². The van der Waals surface area contributed by atoms with Gasteiger partial charge in [0.2, 0.25) is 0 Å². The van der Waals surface area contributed by atoms with Crippen molar-refractivity contribution in [3.05, 3.63) is 57.9 Å². The summed E-state index contributed by atoms with van der Waals surface area (Å²) in [6.07, 6.45) is 1.18. The van der Waals surface area contributed by atoms with Crippen molar-refractivity contribution >= 4 is 23.4 Å². The Morgan fingerprint density at radius 2 is 2.15 bits per heavy atom. The Bertz CT molecular complexity index is 904. The lowest BCUT2D eigenvalue weighted by molar-refractivity contribution is -0.119. The molecule has 27 heavy (non-hydrogen) atoms. The summed E-state index contributed by atoms with van der Waals surface area (Å²) in [7, 11) is 1.39. The zero-order chi connectivity index (χ0) is 19.6. The summed E-state index contributed by atoms with van der Waals surface area (Å²) < 4.78 is 24.3. The van der Waals surface area contributed by atoms with Gasteiger partial charge < -0.3 is 20.5 Å². The molecule has 0 spiro atoms. The maximum atomic E-state index is 13.9. The zero-order valence-electron chi connectivity index (χ0n) is 14.6. The molecule has 2 aromatic rings. The van der Waals surface area contributed by atoms with Crippen LogP contribution in [-0.4, -0.2) is 25.5 Å². The van der Waals surface area contributed by atoms with E-state index in [1.54, 1.807) is 6.07 Å². The van der Waals surface area contributed by atoms with Crippen LogP contribution in [0.25, 0.3) is 0 Å². The number of primary amides is 1. The molecule has 3 rings (SSSR count). The van der Waals surface area contributed by atoms with Crippen LogP contribution in [0.3, 0.4) is 0 Å². The summed E-state index contributed by atoms with van der Waals surface area (Å²) in [6.45, 7) is -0.369. The number of halogens is 2. The average molecular weight is 393 g/mol. The summed E-state index contributed by atoms with van der Waals surface area (Å²) in [6, 6.07) is 7.45. The second-order valence-corrected chi connectivity index (χ2v) is 6.52. The molecule has 1 aliphatic rings. The SMILES string of the molecule is COc1cc(C(=O)NC2CCc3c(F)cccc32)cc(Cl)c1OCC(N)=O. The van der Waals surface area contributed by atoms with E-state index in [4.69, 9.17) is 26.8 Å². The van der Waals surface area contributed by atoms with Crippen LogP contribution in [0.15, 0.2) is 30.3 Å². The molecule has 6 nitrogen and oxygen atoms in total. The van der Waals surface area contributed by atoms with Gasteiger partial charge in [-0.2, -0.15) is 0 Å². The van der Waals surface area contributed by atoms with Gasteiger partial charge in [0.1, 0.15) is 5.82 Å². The lowest BCUT2D eigenvalue weighted by Gasteiger charge is -2.16. The van der Waals surface area contributed by atoms with Crippen molar-refractivity contribution in [2.24, 2.45) is 5.73 Å². The Hall–Kier alpha value is -2.80. The highest BCUT2D eigenvalue weighted by atomic mass is 35.5. The predicted molar refractivity (Wildman–Crippen MR) is 97.6 cm³/mol. The van der Waals surface area contributed by atoms with Crippen molar-refractivity contribution in [3.8, 4) is 11.5 Å². The maximum absolute atomic E-state index is 13.9. The Labute approximate surface area is 160 Å². The van der Waals surface area contributed by atoms with E-state index >= 15 is 0 Å². The number of methoxy groups -OCH3 is 1. The third-order valence-corrected chi connectivity index (χ3v) is 4.65. The summed E-state index contributed by atoms with van der Waals surface area (Å²) in [5.41, 5.74) is 6.73. The van der Waals surface area contributed by atoms with Crippen LogP contribution in [0.1, 0.15) is 33.9 Å². The van der Waals surface area contributed by atoms with Crippen LogP contribution < -0.4 is 20.5 Å². The lowest BCUT2D eigenvalue weighted by Crippen LogP contribution is -2.27. The summed E-state index contributed by atoms with van der Waals surface area (Å²) in [5.74, 6) is -0.972. The van der Waals surface area contributed by atoms with E-state index in [1.807, 2.05) is 6.07 Å². The maximum Gasteiger partial charge on any atom is 0.255 e. The Kier molecular flexibility index (Phi) is 5.51. The van der Waals surface area contributed by atoms with Crippen molar-refractivity contribution in [1.29, 1.82) is 0 Å². The smallest absolute Gasteiger partial charge is 0.255 e. The van der Waals surface area contributed by atoms with Gasteiger partial charge in [0.25, 0.3) is 11.8 Å². The number of hydrogen-bond donors (Lipinski definition) is 2. The quantitative estimate of drug-likeness (QED) is 0.790. The zero-order valence-corrected chi connectivity index (χ0v) is 15.3. The molecule has 1 aliphatic carbocycles. The number of hydrogen-bond acceptors (Lipinski definition) is 4. The topological polar surface area (TPSA) is 90.7 Å². The molecule has 0 saturated heterocycles. The molecule has 0 aliphatic heterocycles. The normalized spacial score (nSPS) is 15.1. The van der Waals surface area contributed by atoms with Gasteiger partial charge in [0.05, 0.1) is 18.2 Å². The van der Waals surface area contributed by atoms with Crippen LogP contribution in [0.2, 0.25) is 5.02 Å². The summed E-state index contributed by atoms with van der Waals surface area (Å²) >= 11 is 6.17. The molecule has 142 valence electrons. The monoisotopic (exact) mass is 392 g/mol. The van der Waals surface area contributed by atoms with Crippen molar-refractivity contribution < 1.29 is 23.5 Å². The first-order valence-electron chi connectivity index (χ1n) is 8.27. The van der Waals surface area contributed by atoms with Gasteiger partial charge >= 0.3 is 0 Å². The third kappa shape index (κ3) is 3.98. The first-order valence-corrected chi connectivity index (χ1v) is 8.65. The van der Waals surface area contributed by atoms with E-state index in [2.05, 4.69) is 5.32 Å². The van der Waals surface area contributed by atoms with E-state index < -0.39 is 5.91 Å². The van der Waals surface area contributed by atoms with Gasteiger partial charge in [-0.05, 0) is 42.2 Å². The molecule has 8 heteroatoms. The second-order valence-electron chi connectivity index (χ2n) is 6.12. The Morgan fingerprint density at radius 1 is 1.37 bits per heavy atom.